The van der Waals surface area contributed by atoms with Crippen molar-refractivity contribution in [2.45, 2.75) is 18.6 Å². The SMILES string of the molecule is O[C@@H]1CN[C@H](c2cccc(F)c2)C1. The summed E-state index contributed by atoms with van der Waals surface area (Å²) in [7, 11) is 0. The summed E-state index contributed by atoms with van der Waals surface area (Å²) in [5, 5.41) is 12.4. The van der Waals surface area contributed by atoms with Crippen LogP contribution in [0.1, 0.15) is 18.0 Å². The predicted octanol–water partition coefficient (Wildman–Crippen LogP) is 1.22. The zero-order valence-corrected chi connectivity index (χ0v) is 7.20. The van der Waals surface area contributed by atoms with Crippen LogP contribution in [0.3, 0.4) is 0 Å². The summed E-state index contributed by atoms with van der Waals surface area (Å²) >= 11 is 0. The number of aliphatic hydroxyl groups is 1. The van der Waals surface area contributed by atoms with Crippen molar-refractivity contribution >= 4 is 0 Å². The number of hydrogen-bond acceptors (Lipinski definition) is 2. The highest BCUT2D eigenvalue weighted by molar-refractivity contribution is 5.21. The third-order valence-corrected chi connectivity index (χ3v) is 2.36. The van der Waals surface area contributed by atoms with E-state index in [4.69, 9.17) is 0 Å². The largest absolute Gasteiger partial charge is 0.392 e. The third-order valence-electron chi connectivity index (χ3n) is 2.36. The van der Waals surface area contributed by atoms with Crippen molar-refractivity contribution in [1.29, 1.82) is 0 Å². The molecule has 1 saturated heterocycles. The number of aliphatic hydroxyl groups excluding tert-OH is 1. The molecule has 2 N–H and O–H groups in total. The molecule has 2 nitrogen and oxygen atoms in total. The van der Waals surface area contributed by atoms with E-state index >= 15 is 0 Å². The molecular formula is C10H12FNO. The van der Waals surface area contributed by atoms with Gasteiger partial charge in [-0.2, -0.15) is 0 Å². The lowest BCUT2D eigenvalue weighted by Crippen LogP contribution is -2.14. The molecule has 0 amide bonds. The first-order chi connectivity index (χ1) is 6.25. The van der Waals surface area contributed by atoms with Crippen LogP contribution in [0.5, 0.6) is 0 Å². The standard InChI is InChI=1S/C10H12FNO/c11-8-3-1-2-7(4-8)10-5-9(13)6-12-10/h1-4,9-10,12-13H,5-6H2/t9-,10-/m0/s1. The van der Waals surface area contributed by atoms with Crippen molar-refractivity contribution in [3.63, 3.8) is 0 Å². The second-order valence-corrected chi connectivity index (χ2v) is 3.41. The van der Waals surface area contributed by atoms with E-state index in [0.717, 1.165) is 5.56 Å². The molecule has 0 bridgehead atoms. The minimum absolute atomic E-state index is 0.102. The lowest BCUT2D eigenvalue weighted by Gasteiger charge is -2.09. The Morgan fingerprint density at radius 2 is 2.31 bits per heavy atom. The first kappa shape index (κ1) is 8.66. The van der Waals surface area contributed by atoms with Crippen LogP contribution in [0.2, 0.25) is 0 Å². The van der Waals surface area contributed by atoms with Gasteiger partial charge in [-0.05, 0) is 24.1 Å². The maximum Gasteiger partial charge on any atom is 0.123 e. The summed E-state index contributed by atoms with van der Waals surface area (Å²) in [6, 6.07) is 6.60. The van der Waals surface area contributed by atoms with Crippen molar-refractivity contribution in [1.82, 2.24) is 5.32 Å². The minimum atomic E-state index is -0.298. The van der Waals surface area contributed by atoms with Gasteiger partial charge in [0.25, 0.3) is 0 Å². The monoisotopic (exact) mass is 181 g/mol. The fourth-order valence-corrected chi connectivity index (χ4v) is 1.69. The van der Waals surface area contributed by atoms with Crippen molar-refractivity contribution < 1.29 is 9.50 Å². The lowest BCUT2D eigenvalue weighted by atomic mass is 10.0. The van der Waals surface area contributed by atoms with Crippen LogP contribution < -0.4 is 5.32 Å². The van der Waals surface area contributed by atoms with Gasteiger partial charge in [-0.1, -0.05) is 12.1 Å². The van der Waals surface area contributed by atoms with Gasteiger partial charge in [-0.3, -0.25) is 0 Å². The maximum absolute atomic E-state index is 12.8. The Labute approximate surface area is 76.4 Å². The molecule has 70 valence electrons. The fourth-order valence-electron chi connectivity index (χ4n) is 1.69. The van der Waals surface area contributed by atoms with E-state index in [9.17, 15) is 9.50 Å². The molecule has 0 aliphatic carbocycles. The molecule has 1 heterocycles. The van der Waals surface area contributed by atoms with E-state index in [1.165, 1.54) is 12.1 Å². The number of β-amino-alcohol motifs (C(OH)–C–C–N with tert-alkyl or cyclic N) is 1. The molecule has 0 radical (unpaired) electrons. The molecule has 1 aliphatic rings. The van der Waals surface area contributed by atoms with Crippen LogP contribution in [0.25, 0.3) is 0 Å². The molecule has 3 heteroatoms. The Morgan fingerprint density at radius 1 is 1.46 bits per heavy atom. The van der Waals surface area contributed by atoms with Gasteiger partial charge >= 0.3 is 0 Å². The molecule has 1 aliphatic heterocycles. The molecule has 0 unspecified atom stereocenters. The Bertz CT molecular complexity index is 303. The highest BCUT2D eigenvalue weighted by Crippen LogP contribution is 2.23. The summed E-state index contributed by atoms with van der Waals surface area (Å²) in [6.45, 7) is 0.598. The van der Waals surface area contributed by atoms with Crippen molar-refractivity contribution in [3.05, 3.63) is 35.6 Å². The molecular weight excluding hydrogens is 169 g/mol. The summed E-state index contributed by atoms with van der Waals surface area (Å²) < 4.78 is 12.8. The first-order valence-corrected chi connectivity index (χ1v) is 4.42. The lowest BCUT2D eigenvalue weighted by molar-refractivity contribution is 0.193. The summed E-state index contributed by atoms with van der Waals surface area (Å²) in [6.07, 6.45) is 0.372. The molecule has 0 saturated carbocycles. The van der Waals surface area contributed by atoms with Gasteiger partial charge in [-0.25, -0.2) is 4.39 Å². The predicted molar refractivity (Wildman–Crippen MR) is 47.8 cm³/mol. The molecule has 1 aromatic rings. The van der Waals surface area contributed by atoms with Gasteiger partial charge in [0.2, 0.25) is 0 Å². The van der Waals surface area contributed by atoms with Gasteiger partial charge in [0.05, 0.1) is 6.10 Å². The number of benzene rings is 1. The fraction of sp³-hybridized carbons (Fsp3) is 0.400. The second-order valence-electron chi connectivity index (χ2n) is 3.41. The highest BCUT2D eigenvalue weighted by Gasteiger charge is 2.23. The van der Waals surface area contributed by atoms with Crippen molar-refractivity contribution in [2.75, 3.05) is 6.54 Å². The molecule has 2 atom stereocenters. The Kier molecular flexibility index (Phi) is 2.29. The van der Waals surface area contributed by atoms with Crippen molar-refractivity contribution in [3.8, 4) is 0 Å². The zero-order chi connectivity index (χ0) is 9.26. The zero-order valence-electron chi connectivity index (χ0n) is 7.20. The first-order valence-electron chi connectivity index (χ1n) is 4.42. The van der Waals surface area contributed by atoms with Gasteiger partial charge < -0.3 is 10.4 Å². The van der Waals surface area contributed by atoms with Gasteiger partial charge in [-0.15, -0.1) is 0 Å². The molecule has 13 heavy (non-hydrogen) atoms. The van der Waals surface area contributed by atoms with E-state index in [1.54, 1.807) is 6.07 Å². The van der Waals surface area contributed by atoms with E-state index in [-0.39, 0.29) is 18.0 Å². The smallest absolute Gasteiger partial charge is 0.123 e. The Hall–Kier alpha value is -0.930. The van der Waals surface area contributed by atoms with Gasteiger partial charge in [0.15, 0.2) is 0 Å². The maximum atomic E-state index is 12.8. The second kappa shape index (κ2) is 3.44. The van der Waals surface area contributed by atoms with Gasteiger partial charge in [0.1, 0.15) is 5.82 Å². The normalized spacial score (nSPS) is 27.8. The van der Waals surface area contributed by atoms with Crippen LogP contribution in [-0.2, 0) is 0 Å². The Balaban J connectivity index is 2.16. The van der Waals surface area contributed by atoms with Crippen LogP contribution in [0.4, 0.5) is 4.39 Å². The van der Waals surface area contributed by atoms with E-state index in [0.29, 0.717) is 13.0 Å². The average molecular weight is 181 g/mol. The van der Waals surface area contributed by atoms with Gasteiger partial charge in [0, 0.05) is 12.6 Å². The van der Waals surface area contributed by atoms with Crippen molar-refractivity contribution in [2.24, 2.45) is 0 Å². The van der Waals surface area contributed by atoms with E-state index in [2.05, 4.69) is 5.32 Å². The molecule has 2 rings (SSSR count). The number of hydrogen-bond donors (Lipinski definition) is 2. The summed E-state index contributed by atoms with van der Waals surface area (Å²) in [4.78, 5) is 0. The topological polar surface area (TPSA) is 32.3 Å². The third kappa shape index (κ3) is 1.87. The van der Waals surface area contributed by atoms with Crippen LogP contribution >= 0.6 is 0 Å². The average Bonchev–Trinajstić information content (AvgIpc) is 2.52. The minimum Gasteiger partial charge on any atom is -0.392 e. The molecule has 0 spiro atoms. The molecule has 0 aromatic heterocycles. The summed E-state index contributed by atoms with van der Waals surface area (Å²) in [5.41, 5.74) is 0.913. The molecule has 1 aromatic carbocycles. The van der Waals surface area contributed by atoms with Crippen LogP contribution in [0.15, 0.2) is 24.3 Å². The van der Waals surface area contributed by atoms with Crippen LogP contribution in [0, 0.1) is 5.82 Å². The van der Waals surface area contributed by atoms with Crippen LogP contribution in [-0.4, -0.2) is 17.8 Å². The summed E-state index contributed by atoms with van der Waals surface area (Å²) in [5.74, 6) is -0.222. The number of rotatable bonds is 1. The quantitative estimate of drug-likeness (QED) is 0.682. The Morgan fingerprint density at radius 3 is 2.92 bits per heavy atom. The van der Waals surface area contributed by atoms with E-state index < -0.39 is 0 Å². The highest BCUT2D eigenvalue weighted by atomic mass is 19.1. The number of halogens is 1. The van der Waals surface area contributed by atoms with E-state index in [1.807, 2.05) is 6.07 Å². The molecule has 1 fully saturated rings. The number of nitrogens with one attached hydrogen (secondary N) is 1.